The predicted octanol–water partition coefficient (Wildman–Crippen LogP) is 3.87. The average molecular weight is 365 g/mol. The van der Waals surface area contributed by atoms with Gasteiger partial charge < -0.3 is 4.90 Å². The first-order valence-electron chi connectivity index (χ1n) is 6.13. The molecule has 0 saturated heterocycles. The number of aryl methyl sites for hydroxylation is 1. The number of nitrogens with zero attached hydrogens (tertiary/aromatic N) is 1. The van der Waals surface area contributed by atoms with Gasteiger partial charge in [-0.05, 0) is 59.3 Å². The highest BCUT2D eigenvalue weighted by atomic mass is 127. The maximum Gasteiger partial charge on any atom is 0.253 e. The van der Waals surface area contributed by atoms with E-state index in [1.54, 1.807) is 4.90 Å². The summed E-state index contributed by atoms with van der Waals surface area (Å²) in [5.41, 5.74) is 3.11. The van der Waals surface area contributed by atoms with Crippen LogP contribution in [0.3, 0.4) is 0 Å². The molecule has 3 heteroatoms. The van der Waals surface area contributed by atoms with Gasteiger partial charge in [0.25, 0.3) is 5.91 Å². The summed E-state index contributed by atoms with van der Waals surface area (Å²) in [6.45, 7) is 2.69. The lowest BCUT2D eigenvalue weighted by atomic mass is 10.1. The molecule has 2 rings (SSSR count). The molecular weight excluding hydrogens is 349 g/mol. The summed E-state index contributed by atoms with van der Waals surface area (Å²) in [7, 11) is 1.83. The van der Waals surface area contributed by atoms with Crippen LogP contribution in [0.2, 0.25) is 0 Å². The second-order valence-electron chi connectivity index (χ2n) is 4.65. The van der Waals surface area contributed by atoms with Crippen LogP contribution in [0.1, 0.15) is 21.5 Å². The van der Waals surface area contributed by atoms with Crippen molar-refractivity contribution < 1.29 is 4.79 Å². The summed E-state index contributed by atoms with van der Waals surface area (Å²) in [5, 5.41) is 0. The van der Waals surface area contributed by atoms with Crippen molar-refractivity contribution in [2.75, 3.05) is 7.05 Å². The molecule has 0 bridgehead atoms. The smallest absolute Gasteiger partial charge is 0.253 e. The summed E-state index contributed by atoms with van der Waals surface area (Å²) < 4.78 is 1.13. The van der Waals surface area contributed by atoms with E-state index in [9.17, 15) is 4.79 Å². The van der Waals surface area contributed by atoms with E-state index in [4.69, 9.17) is 0 Å². The van der Waals surface area contributed by atoms with Gasteiger partial charge in [-0.2, -0.15) is 0 Å². The van der Waals surface area contributed by atoms with Crippen LogP contribution in [0.15, 0.2) is 48.5 Å². The van der Waals surface area contributed by atoms with Gasteiger partial charge in [0.15, 0.2) is 0 Å². The maximum absolute atomic E-state index is 12.3. The molecule has 2 aromatic carbocycles. The second-order valence-corrected chi connectivity index (χ2v) is 5.90. The number of hydrogen-bond acceptors (Lipinski definition) is 1. The van der Waals surface area contributed by atoms with E-state index >= 15 is 0 Å². The molecule has 0 fully saturated rings. The van der Waals surface area contributed by atoms with E-state index in [1.165, 1.54) is 5.56 Å². The molecule has 0 spiro atoms. The Balaban J connectivity index is 2.07. The molecule has 0 atom stereocenters. The lowest BCUT2D eigenvalue weighted by molar-refractivity contribution is 0.0785. The Kier molecular flexibility index (Phi) is 4.58. The van der Waals surface area contributed by atoms with Crippen molar-refractivity contribution in [3.63, 3.8) is 0 Å². The molecule has 0 radical (unpaired) electrons. The maximum atomic E-state index is 12.3. The number of carbonyl (C=O) groups excluding carboxylic acids is 1. The van der Waals surface area contributed by atoms with Crippen LogP contribution in [0, 0.1) is 10.5 Å². The van der Waals surface area contributed by atoms with Gasteiger partial charge in [-0.3, -0.25) is 4.79 Å². The Morgan fingerprint density at radius 3 is 2.21 bits per heavy atom. The molecule has 0 aromatic heterocycles. The highest BCUT2D eigenvalue weighted by Crippen LogP contribution is 2.11. The number of amides is 1. The largest absolute Gasteiger partial charge is 0.337 e. The molecule has 1 amide bonds. The summed E-state index contributed by atoms with van der Waals surface area (Å²) in [6, 6.07) is 15.9. The number of benzene rings is 2. The zero-order chi connectivity index (χ0) is 13.8. The van der Waals surface area contributed by atoms with Crippen molar-refractivity contribution >= 4 is 28.5 Å². The highest BCUT2D eigenvalue weighted by molar-refractivity contribution is 14.1. The second kappa shape index (κ2) is 6.19. The Hall–Kier alpha value is -1.36. The molecule has 0 saturated carbocycles. The van der Waals surface area contributed by atoms with Crippen LogP contribution in [-0.2, 0) is 6.54 Å². The van der Waals surface area contributed by atoms with Crippen LogP contribution in [0.25, 0.3) is 0 Å². The van der Waals surface area contributed by atoms with Crippen molar-refractivity contribution in [1.29, 1.82) is 0 Å². The number of carbonyl (C=O) groups is 1. The summed E-state index contributed by atoms with van der Waals surface area (Å²) in [6.07, 6.45) is 0. The molecule has 0 aliphatic carbocycles. The van der Waals surface area contributed by atoms with Crippen LogP contribution in [-0.4, -0.2) is 17.9 Å². The van der Waals surface area contributed by atoms with Crippen LogP contribution < -0.4 is 0 Å². The van der Waals surface area contributed by atoms with Crippen LogP contribution in [0.4, 0.5) is 0 Å². The fourth-order valence-electron chi connectivity index (χ4n) is 1.85. The monoisotopic (exact) mass is 365 g/mol. The Morgan fingerprint density at radius 2 is 1.63 bits per heavy atom. The molecule has 98 valence electrons. The van der Waals surface area contributed by atoms with Gasteiger partial charge >= 0.3 is 0 Å². The molecule has 0 aliphatic heterocycles. The molecule has 2 aromatic rings. The number of rotatable bonds is 3. The number of hydrogen-bond donors (Lipinski definition) is 0. The Morgan fingerprint density at radius 1 is 1.05 bits per heavy atom. The third kappa shape index (κ3) is 3.80. The van der Waals surface area contributed by atoms with Crippen molar-refractivity contribution in [2.45, 2.75) is 13.5 Å². The topological polar surface area (TPSA) is 20.3 Å². The third-order valence-corrected chi connectivity index (χ3v) is 3.70. The first kappa shape index (κ1) is 14.1. The van der Waals surface area contributed by atoms with Gasteiger partial charge in [0.1, 0.15) is 0 Å². The van der Waals surface area contributed by atoms with E-state index in [-0.39, 0.29) is 5.91 Å². The Labute approximate surface area is 127 Å². The van der Waals surface area contributed by atoms with E-state index in [0.29, 0.717) is 6.54 Å². The van der Waals surface area contributed by atoms with Crippen molar-refractivity contribution in [3.8, 4) is 0 Å². The third-order valence-electron chi connectivity index (χ3n) is 2.98. The normalized spacial score (nSPS) is 10.3. The fraction of sp³-hybridized carbons (Fsp3) is 0.188. The van der Waals surface area contributed by atoms with E-state index in [0.717, 1.165) is 14.7 Å². The average Bonchev–Trinajstić information content (AvgIpc) is 2.41. The van der Waals surface area contributed by atoms with E-state index in [1.807, 2.05) is 31.3 Å². The summed E-state index contributed by atoms with van der Waals surface area (Å²) in [5.74, 6) is 0.0528. The van der Waals surface area contributed by atoms with Crippen LogP contribution in [0.5, 0.6) is 0 Å². The lowest BCUT2D eigenvalue weighted by Crippen LogP contribution is -2.26. The minimum absolute atomic E-state index is 0.0528. The fourth-order valence-corrected chi connectivity index (χ4v) is 2.21. The highest BCUT2D eigenvalue weighted by Gasteiger charge is 2.11. The van der Waals surface area contributed by atoms with Crippen molar-refractivity contribution in [2.24, 2.45) is 0 Å². The van der Waals surface area contributed by atoms with Gasteiger partial charge in [-0.1, -0.05) is 29.8 Å². The SMILES string of the molecule is Cc1ccc(CN(C)C(=O)c2ccc(I)cc2)cc1. The zero-order valence-electron chi connectivity index (χ0n) is 11.1. The summed E-state index contributed by atoms with van der Waals surface area (Å²) >= 11 is 2.23. The predicted molar refractivity (Wildman–Crippen MR) is 86.1 cm³/mol. The van der Waals surface area contributed by atoms with E-state index in [2.05, 4.69) is 53.8 Å². The zero-order valence-corrected chi connectivity index (χ0v) is 13.2. The molecule has 0 aliphatic rings. The molecule has 0 N–H and O–H groups in total. The summed E-state index contributed by atoms with van der Waals surface area (Å²) in [4.78, 5) is 14.0. The lowest BCUT2D eigenvalue weighted by Gasteiger charge is -2.17. The van der Waals surface area contributed by atoms with Gasteiger partial charge in [0.05, 0.1) is 0 Å². The van der Waals surface area contributed by atoms with Gasteiger partial charge in [0, 0.05) is 22.7 Å². The van der Waals surface area contributed by atoms with Gasteiger partial charge in [-0.15, -0.1) is 0 Å². The van der Waals surface area contributed by atoms with Crippen molar-refractivity contribution in [1.82, 2.24) is 4.90 Å². The standard InChI is InChI=1S/C16H16INO/c1-12-3-5-13(6-4-12)11-18(2)16(19)14-7-9-15(17)10-8-14/h3-10H,11H2,1-2H3. The molecular formula is C16H16INO. The first-order valence-corrected chi connectivity index (χ1v) is 7.21. The van der Waals surface area contributed by atoms with Gasteiger partial charge in [0.2, 0.25) is 0 Å². The molecule has 2 nitrogen and oxygen atoms in total. The minimum Gasteiger partial charge on any atom is -0.337 e. The molecule has 0 heterocycles. The first-order chi connectivity index (χ1) is 9.06. The van der Waals surface area contributed by atoms with Crippen molar-refractivity contribution in [3.05, 3.63) is 68.8 Å². The minimum atomic E-state index is 0.0528. The molecule has 19 heavy (non-hydrogen) atoms. The van der Waals surface area contributed by atoms with Crippen LogP contribution >= 0.6 is 22.6 Å². The van der Waals surface area contributed by atoms with Gasteiger partial charge in [-0.25, -0.2) is 0 Å². The quantitative estimate of drug-likeness (QED) is 0.757. The Bertz CT molecular complexity index is 560. The number of halogens is 1. The molecule has 0 unspecified atom stereocenters. The van der Waals surface area contributed by atoms with E-state index < -0.39 is 0 Å².